The van der Waals surface area contributed by atoms with Crippen molar-refractivity contribution < 1.29 is 14.3 Å². The molecule has 3 heterocycles. The molecule has 1 aliphatic carbocycles. The van der Waals surface area contributed by atoms with Crippen molar-refractivity contribution in [2.24, 2.45) is 0 Å². The number of anilines is 1. The first-order chi connectivity index (χ1) is 17.0. The summed E-state index contributed by atoms with van der Waals surface area (Å²) in [4.78, 5) is 40.9. The van der Waals surface area contributed by atoms with Crippen LogP contribution >= 0.6 is 22.7 Å². The number of piperazine rings is 1. The number of rotatable bonds is 6. The highest BCUT2D eigenvalue weighted by Crippen LogP contribution is 2.46. The third-order valence-electron chi connectivity index (χ3n) is 6.57. The number of allylic oxidation sites excluding steroid dienone is 1. The molecule has 182 valence electrons. The summed E-state index contributed by atoms with van der Waals surface area (Å²) in [5, 5.41) is 0. The molecule has 0 radical (unpaired) electrons. The summed E-state index contributed by atoms with van der Waals surface area (Å²) in [6, 6.07) is 6.15. The monoisotopic (exact) mass is 508 g/mol. The highest BCUT2D eigenvalue weighted by molar-refractivity contribution is 7.12. The molecule has 0 bridgehead atoms. The predicted octanol–water partition coefficient (Wildman–Crippen LogP) is 5.43. The molecule has 0 spiro atoms. The number of ketones is 1. The van der Waals surface area contributed by atoms with E-state index in [9.17, 15) is 9.59 Å². The zero-order chi connectivity index (χ0) is 24.5. The molecule has 1 fully saturated rings. The van der Waals surface area contributed by atoms with Crippen molar-refractivity contribution in [3.05, 3.63) is 61.5 Å². The molecule has 7 nitrogen and oxygen atoms in total. The van der Waals surface area contributed by atoms with Gasteiger partial charge in [0.1, 0.15) is 0 Å². The Kier molecular flexibility index (Phi) is 6.71. The maximum absolute atomic E-state index is 13.8. The number of nitrogens with zero attached hydrogens (tertiary/aromatic N) is 4. The van der Waals surface area contributed by atoms with E-state index in [-0.39, 0.29) is 11.9 Å². The number of hydrogen-bond donors (Lipinski definition) is 0. The van der Waals surface area contributed by atoms with Crippen molar-refractivity contribution in [1.29, 1.82) is 0 Å². The fourth-order valence-corrected chi connectivity index (χ4v) is 6.32. The molecule has 1 amide bonds. The first-order valence-electron chi connectivity index (χ1n) is 11.9. The highest BCUT2D eigenvalue weighted by atomic mass is 32.1. The normalized spacial score (nSPS) is 15.7. The summed E-state index contributed by atoms with van der Waals surface area (Å²) in [7, 11) is 0. The number of carbonyl (C=O) groups excluding carboxylic acids is 2. The van der Waals surface area contributed by atoms with Crippen molar-refractivity contribution in [3.63, 3.8) is 0 Å². The van der Waals surface area contributed by atoms with E-state index in [4.69, 9.17) is 4.74 Å². The minimum atomic E-state index is -0.236. The Hall–Kier alpha value is -3.04. The fourth-order valence-electron chi connectivity index (χ4n) is 4.60. The van der Waals surface area contributed by atoms with Crippen molar-refractivity contribution in [2.75, 3.05) is 37.7 Å². The van der Waals surface area contributed by atoms with Gasteiger partial charge in [0.25, 0.3) is 0 Å². The van der Waals surface area contributed by atoms with Crippen LogP contribution in [0.2, 0.25) is 0 Å². The Bertz CT molecular complexity index is 1300. The Morgan fingerprint density at radius 3 is 2.23 bits per heavy atom. The van der Waals surface area contributed by atoms with Gasteiger partial charge in [-0.05, 0) is 38.0 Å². The number of hydrogen-bond acceptors (Lipinski definition) is 8. The van der Waals surface area contributed by atoms with Crippen LogP contribution in [0.5, 0.6) is 0 Å². The standard InChI is InChI=1S/C26H28N4O3S2/c1-4-5-12-33-26(32)30-10-8-29(9-11-30)18-6-7-19-20(13-18)23(31)22(25-17(3)28-15-35-25)21(19)24-16(2)27-14-34-24/h6-7,13-15H,4-5,8-12H2,1-3H3. The second-order valence-electron chi connectivity index (χ2n) is 8.78. The van der Waals surface area contributed by atoms with E-state index in [1.54, 1.807) is 21.7 Å². The van der Waals surface area contributed by atoms with Crippen molar-refractivity contribution in [1.82, 2.24) is 14.9 Å². The molecule has 35 heavy (non-hydrogen) atoms. The lowest BCUT2D eigenvalue weighted by Crippen LogP contribution is -2.49. The molecule has 0 saturated carbocycles. The zero-order valence-electron chi connectivity index (χ0n) is 20.2. The lowest BCUT2D eigenvalue weighted by atomic mass is 10.0. The smallest absolute Gasteiger partial charge is 0.409 e. The lowest BCUT2D eigenvalue weighted by Gasteiger charge is -2.35. The lowest BCUT2D eigenvalue weighted by molar-refractivity contribution is 0.0989. The summed E-state index contributed by atoms with van der Waals surface area (Å²) in [5.41, 5.74) is 9.78. The first kappa shape index (κ1) is 23.7. The van der Waals surface area contributed by atoms with E-state index in [0.29, 0.717) is 32.8 Å². The van der Waals surface area contributed by atoms with E-state index in [1.807, 2.05) is 25.4 Å². The number of unbranched alkanes of at least 4 members (excludes halogenated alkanes) is 1. The number of thiazole rings is 2. The van der Waals surface area contributed by atoms with Crippen LogP contribution in [0, 0.1) is 13.8 Å². The number of benzene rings is 1. The molecule has 0 N–H and O–H groups in total. The van der Waals surface area contributed by atoms with Gasteiger partial charge >= 0.3 is 6.09 Å². The van der Waals surface area contributed by atoms with Gasteiger partial charge in [-0.2, -0.15) is 0 Å². The van der Waals surface area contributed by atoms with Crippen molar-refractivity contribution in [3.8, 4) is 0 Å². The third-order valence-corrected chi connectivity index (χ3v) is 8.46. The Balaban J connectivity index is 1.41. The van der Waals surface area contributed by atoms with Crippen LogP contribution in [0.3, 0.4) is 0 Å². The summed E-state index contributed by atoms with van der Waals surface area (Å²) >= 11 is 3.07. The molecule has 0 unspecified atom stereocenters. The minimum Gasteiger partial charge on any atom is -0.449 e. The zero-order valence-corrected chi connectivity index (χ0v) is 21.8. The Labute approximate surface area is 213 Å². The van der Waals surface area contributed by atoms with E-state index in [0.717, 1.165) is 61.9 Å². The van der Waals surface area contributed by atoms with E-state index >= 15 is 0 Å². The van der Waals surface area contributed by atoms with Gasteiger partial charge in [0.05, 0.1) is 44.3 Å². The molecule has 3 aromatic rings. The SMILES string of the molecule is CCCCOC(=O)N1CCN(c2ccc3c(c2)C(=O)C(c2scnc2C)=C3c2scnc2C)CC1. The van der Waals surface area contributed by atoms with Gasteiger partial charge in [-0.25, -0.2) is 14.8 Å². The topological polar surface area (TPSA) is 75.6 Å². The molecule has 9 heteroatoms. The quantitative estimate of drug-likeness (QED) is 0.413. The van der Waals surface area contributed by atoms with Gasteiger partial charge in [0.2, 0.25) is 0 Å². The molecular weight excluding hydrogens is 480 g/mol. The maximum atomic E-state index is 13.8. The van der Waals surface area contributed by atoms with Gasteiger partial charge in [0, 0.05) is 43.0 Å². The van der Waals surface area contributed by atoms with Crippen molar-refractivity contribution in [2.45, 2.75) is 33.6 Å². The van der Waals surface area contributed by atoms with Gasteiger partial charge in [-0.3, -0.25) is 4.79 Å². The first-order valence-corrected chi connectivity index (χ1v) is 13.7. The predicted molar refractivity (Wildman–Crippen MR) is 140 cm³/mol. The number of ether oxygens (including phenoxy) is 1. The fraction of sp³-hybridized carbons (Fsp3) is 0.385. The van der Waals surface area contributed by atoms with Crippen LogP contribution in [0.25, 0.3) is 11.1 Å². The van der Waals surface area contributed by atoms with Crippen molar-refractivity contribution >= 4 is 51.4 Å². The Morgan fingerprint density at radius 1 is 0.971 bits per heavy atom. The average molecular weight is 509 g/mol. The molecule has 2 aliphatic rings. The highest BCUT2D eigenvalue weighted by Gasteiger charge is 2.35. The Morgan fingerprint density at radius 2 is 1.63 bits per heavy atom. The summed E-state index contributed by atoms with van der Waals surface area (Å²) in [5.74, 6) is 0.0372. The average Bonchev–Trinajstić information content (AvgIpc) is 3.56. The van der Waals surface area contributed by atoms with E-state index < -0.39 is 0 Å². The van der Waals surface area contributed by atoms with Crippen LogP contribution in [-0.2, 0) is 4.74 Å². The second kappa shape index (κ2) is 9.91. The number of carbonyl (C=O) groups is 2. The number of amides is 1. The molecule has 1 aromatic carbocycles. The number of aryl methyl sites for hydroxylation is 2. The number of fused-ring (bicyclic) bond motifs is 1. The summed E-state index contributed by atoms with van der Waals surface area (Å²) < 4.78 is 5.36. The van der Waals surface area contributed by atoms with Gasteiger partial charge in [-0.1, -0.05) is 19.4 Å². The van der Waals surface area contributed by atoms with E-state index in [2.05, 4.69) is 33.9 Å². The van der Waals surface area contributed by atoms with Crippen LogP contribution < -0.4 is 4.90 Å². The minimum absolute atomic E-state index is 0.0372. The van der Waals surface area contributed by atoms with Gasteiger partial charge < -0.3 is 14.5 Å². The summed E-state index contributed by atoms with van der Waals surface area (Å²) in [6.07, 6.45) is 1.65. The van der Waals surface area contributed by atoms with Crippen LogP contribution in [0.4, 0.5) is 10.5 Å². The van der Waals surface area contributed by atoms with E-state index in [1.165, 1.54) is 11.3 Å². The van der Waals surface area contributed by atoms with Gasteiger partial charge in [-0.15, -0.1) is 22.7 Å². The maximum Gasteiger partial charge on any atom is 0.409 e. The van der Waals surface area contributed by atoms with Crippen LogP contribution in [0.15, 0.2) is 29.2 Å². The molecule has 5 rings (SSSR count). The molecule has 0 atom stereocenters. The summed E-state index contributed by atoms with van der Waals surface area (Å²) in [6.45, 7) is 9.08. The largest absolute Gasteiger partial charge is 0.449 e. The van der Waals surface area contributed by atoms with Gasteiger partial charge in [0.15, 0.2) is 5.78 Å². The van der Waals surface area contributed by atoms with Crippen LogP contribution in [0.1, 0.15) is 56.8 Å². The number of aromatic nitrogens is 2. The molecule has 1 saturated heterocycles. The molecule has 2 aromatic heterocycles. The molecule has 1 aliphatic heterocycles. The van der Waals surface area contributed by atoms with Crippen LogP contribution in [-0.4, -0.2) is 59.5 Å². The second-order valence-corrected chi connectivity index (χ2v) is 10.5. The molecular formula is C26H28N4O3S2. The number of Topliss-reactive ketones (excluding diaryl/α,β-unsaturated/α-hetero) is 1. The third kappa shape index (κ3) is 4.38.